The molecule has 2 rings (SSSR count). The Morgan fingerprint density at radius 3 is 3.00 bits per heavy atom. The second-order valence-corrected chi connectivity index (χ2v) is 2.89. The molecule has 1 aliphatic carbocycles. The minimum atomic E-state index is 0.840. The van der Waals surface area contributed by atoms with Crippen LogP contribution in [-0.4, -0.2) is 0 Å². The number of allylic oxidation sites excluding steroid dienone is 3. The zero-order valence-electron chi connectivity index (χ0n) is 6.79. The predicted octanol–water partition coefficient (Wildman–Crippen LogP) is 2.30. The maximum atomic E-state index is 5.67. The molecule has 2 heteroatoms. The van der Waals surface area contributed by atoms with Crippen molar-refractivity contribution in [2.45, 2.75) is 12.8 Å². The zero-order valence-corrected chi connectivity index (χ0v) is 6.79. The molecule has 62 valence electrons. The Labute approximate surface area is 71.4 Å². The lowest BCUT2D eigenvalue weighted by molar-refractivity contribution is 0.550. The Bertz CT molecular complexity index is 320. The van der Waals surface area contributed by atoms with Crippen LogP contribution in [0.2, 0.25) is 0 Å². The molecule has 0 saturated carbocycles. The summed E-state index contributed by atoms with van der Waals surface area (Å²) in [5.74, 6) is 0.936. The monoisotopic (exact) mass is 161 g/mol. The zero-order chi connectivity index (χ0) is 8.39. The van der Waals surface area contributed by atoms with Crippen molar-refractivity contribution in [3.8, 4) is 0 Å². The van der Waals surface area contributed by atoms with Gasteiger partial charge in [0.1, 0.15) is 5.76 Å². The van der Waals surface area contributed by atoms with E-state index in [0.29, 0.717) is 0 Å². The summed E-state index contributed by atoms with van der Waals surface area (Å²) in [5, 5.41) is 0. The van der Waals surface area contributed by atoms with Crippen LogP contribution in [0.15, 0.2) is 40.7 Å². The Morgan fingerprint density at radius 2 is 2.33 bits per heavy atom. The lowest BCUT2D eigenvalue weighted by Crippen LogP contribution is -1.99. The fraction of sp³-hybridized carbons (Fsp3) is 0.200. The Hall–Kier alpha value is -1.44. The molecule has 0 radical (unpaired) electrons. The van der Waals surface area contributed by atoms with Gasteiger partial charge in [0.05, 0.1) is 6.26 Å². The van der Waals surface area contributed by atoms with Crippen molar-refractivity contribution >= 4 is 5.57 Å². The van der Waals surface area contributed by atoms with Crippen LogP contribution in [0.1, 0.15) is 18.6 Å². The van der Waals surface area contributed by atoms with Crippen molar-refractivity contribution in [1.29, 1.82) is 0 Å². The number of nitrogens with two attached hydrogens (primary N) is 1. The quantitative estimate of drug-likeness (QED) is 0.686. The van der Waals surface area contributed by atoms with Crippen LogP contribution in [-0.2, 0) is 0 Å². The molecule has 2 nitrogen and oxygen atoms in total. The first-order chi connectivity index (χ1) is 5.86. The summed E-state index contributed by atoms with van der Waals surface area (Å²) in [4.78, 5) is 0. The predicted molar refractivity (Wildman–Crippen MR) is 48.2 cm³/mol. The fourth-order valence-electron chi connectivity index (χ4n) is 1.38. The van der Waals surface area contributed by atoms with Gasteiger partial charge in [0.25, 0.3) is 0 Å². The highest BCUT2D eigenvalue weighted by molar-refractivity contribution is 5.65. The summed E-state index contributed by atoms with van der Waals surface area (Å²) in [6, 6.07) is 3.86. The highest BCUT2D eigenvalue weighted by Gasteiger charge is 2.07. The smallest absolute Gasteiger partial charge is 0.129 e. The molecule has 1 aliphatic rings. The van der Waals surface area contributed by atoms with Crippen molar-refractivity contribution in [3.63, 3.8) is 0 Å². The molecule has 1 aromatic heterocycles. The third kappa shape index (κ3) is 1.28. The van der Waals surface area contributed by atoms with E-state index >= 15 is 0 Å². The van der Waals surface area contributed by atoms with E-state index < -0.39 is 0 Å². The second kappa shape index (κ2) is 2.89. The molecule has 0 bridgehead atoms. The first-order valence-corrected chi connectivity index (χ1v) is 4.06. The minimum Gasteiger partial charge on any atom is -0.465 e. The first kappa shape index (κ1) is 7.22. The summed E-state index contributed by atoms with van der Waals surface area (Å²) in [6.45, 7) is 0. The molecule has 0 saturated heterocycles. The molecule has 1 heterocycles. The highest BCUT2D eigenvalue weighted by Crippen LogP contribution is 2.24. The minimum absolute atomic E-state index is 0.840. The Morgan fingerprint density at radius 1 is 1.42 bits per heavy atom. The first-order valence-electron chi connectivity index (χ1n) is 4.06. The van der Waals surface area contributed by atoms with Gasteiger partial charge in [0.2, 0.25) is 0 Å². The third-order valence-corrected chi connectivity index (χ3v) is 1.97. The lowest BCUT2D eigenvalue weighted by Gasteiger charge is -2.08. The van der Waals surface area contributed by atoms with Crippen molar-refractivity contribution in [1.82, 2.24) is 0 Å². The Kier molecular flexibility index (Phi) is 1.74. The largest absolute Gasteiger partial charge is 0.465 e. The molecular weight excluding hydrogens is 150 g/mol. The van der Waals surface area contributed by atoms with Crippen molar-refractivity contribution in [3.05, 3.63) is 42.0 Å². The molecule has 0 spiro atoms. The van der Waals surface area contributed by atoms with Gasteiger partial charge >= 0.3 is 0 Å². The Balaban J connectivity index is 2.31. The average Bonchev–Trinajstić information content (AvgIpc) is 2.56. The van der Waals surface area contributed by atoms with Crippen LogP contribution >= 0.6 is 0 Å². The van der Waals surface area contributed by atoms with E-state index in [-0.39, 0.29) is 0 Å². The summed E-state index contributed by atoms with van der Waals surface area (Å²) < 4.78 is 5.27. The van der Waals surface area contributed by atoms with Crippen molar-refractivity contribution in [2.24, 2.45) is 5.73 Å². The van der Waals surface area contributed by atoms with Crippen LogP contribution in [0.3, 0.4) is 0 Å². The number of hydrogen-bond donors (Lipinski definition) is 1. The van der Waals surface area contributed by atoms with Gasteiger partial charge in [0.15, 0.2) is 0 Å². The number of rotatable bonds is 1. The van der Waals surface area contributed by atoms with Gasteiger partial charge in [-0.2, -0.15) is 0 Å². The van der Waals surface area contributed by atoms with Crippen LogP contribution in [0.4, 0.5) is 0 Å². The normalized spacial score (nSPS) is 17.0. The lowest BCUT2D eigenvalue weighted by atomic mass is 10.0. The summed E-state index contributed by atoms with van der Waals surface area (Å²) in [6.07, 6.45) is 7.73. The van der Waals surface area contributed by atoms with Crippen molar-refractivity contribution < 1.29 is 4.42 Å². The molecule has 0 aliphatic heterocycles. The highest BCUT2D eigenvalue weighted by atomic mass is 16.3. The van der Waals surface area contributed by atoms with E-state index in [9.17, 15) is 0 Å². The number of furan rings is 1. The topological polar surface area (TPSA) is 39.2 Å². The van der Waals surface area contributed by atoms with Crippen LogP contribution in [0.5, 0.6) is 0 Å². The van der Waals surface area contributed by atoms with E-state index in [0.717, 1.165) is 24.3 Å². The molecule has 0 atom stereocenters. The van der Waals surface area contributed by atoms with Gasteiger partial charge < -0.3 is 10.2 Å². The van der Waals surface area contributed by atoms with E-state index in [1.165, 1.54) is 5.57 Å². The molecule has 0 fully saturated rings. The van der Waals surface area contributed by atoms with Crippen LogP contribution in [0.25, 0.3) is 5.57 Å². The van der Waals surface area contributed by atoms with Gasteiger partial charge in [0, 0.05) is 5.70 Å². The van der Waals surface area contributed by atoms with Crippen LogP contribution < -0.4 is 5.73 Å². The SMILES string of the molecule is NC1=CCCC(c2ccco2)=C1. The molecule has 0 aromatic carbocycles. The van der Waals surface area contributed by atoms with Gasteiger partial charge in [-0.05, 0) is 36.6 Å². The summed E-state index contributed by atoms with van der Waals surface area (Å²) in [5.41, 5.74) is 7.71. The summed E-state index contributed by atoms with van der Waals surface area (Å²) >= 11 is 0. The third-order valence-electron chi connectivity index (χ3n) is 1.97. The van der Waals surface area contributed by atoms with E-state index in [4.69, 9.17) is 10.2 Å². The fourth-order valence-corrected chi connectivity index (χ4v) is 1.38. The molecule has 2 N–H and O–H groups in total. The van der Waals surface area contributed by atoms with E-state index in [2.05, 4.69) is 0 Å². The molecule has 0 amide bonds. The van der Waals surface area contributed by atoms with Gasteiger partial charge in [-0.15, -0.1) is 0 Å². The van der Waals surface area contributed by atoms with Gasteiger partial charge in [-0.3, -0.25) is 0 Å². The molecule has 12 heavy (non-hydrogen) atoms. The standard InChI is InChI=1S/C10H11NO/c11-9-4-1-3-8(7-9)10-5-2-6-12-10/h2,4-7H,1,3,11H2. The van der Waals surface area contributed by atoms with Crippen molar-refractivity contribution in [2.75, 3.05) is 0 Å². The van der Waals surface area contributed by atoms with Gasteiger partial charge in [-0.1, -0.05) is 6.08 Å². The molecule has 1 aromatic rings. The summed E-state index contributed by atoms with van der Waals surface area (Å²) in [7, 11) is 0. The van der Waals surface area contributed by atoms with Gasteiger partial charge in [-0.25, -0.2) is 0 Å². The maximum absolute atomic E-state index is 5.67. The molecule has 0 unspecified atom stereocenters. The second-order valence-electron chi connectivity index (χ2n) is 2.89. The number of hydrogen-bond acceptors (Lipinski definition) is 2. The van der Waals surface area contributed by atoms with Crippen LogP contribution in [0, 0.1) is 0 Å². The maximum Gasteiger partial charge on any atom is 0.129 e. The molecular formula is C10H11NO. The van der Waals surface area contributed by atoms with E-state index in [1.807, 2.05) is 24.3 Å². The van der Waals surface area contributed by atoms with E-state index in [1.54, 1.807) is 6.26 Å². The average molecular weight is 161 g/mol.